The lowest BCUT2D eigenvalue weighted by Gasteiger charge is -2.31. The van der Waals surface area contributed by atoms with E-state index in [0.29, 0.717) is 4.42 Å². The topological polar surface area (TPSA) is 40.6 Å². The van der Waals surface area contributed by atoms with Gasteiger partial charge in [-0.15, -0.1) is 0 Å². The Morgan fingerprint density at radius 1 is 1.42 bits per heavy atom. The Hall–Kier alpha value is -0.610. The van der Waals surface area contributed by atoms with Crippen LogP contribution in [0, 0.1) is 0 Å². The lowest BCUT2D eigenvalue weighted by atomic mass is 10.0. The second-order valence-corrected chi connectivity index (χ2v) is 3.54. The van der Waals surface area contributed by atoms with E-state index in [0.717, 1.165) is 0 Å². The summed E-state index contributed by atoms with van der Waals surface area (Å²) in [5.41, 5.74) is -0.761. The third-order valence-corrected chi connectivity index (χ3v) is 2.16. The zero-order valence-corrected chi connectivity index (χ0v) is 8.42. The van der Waals surface area contributed by atoms with Gasteiger partial charge < -0.3 is 0 Å². The number of carbonyl (C=O) groups excluding carboxylic acids is 2. The van der Waals surface area contributed by atoms with E-state index in [1.165, 1.54) is 0 Å². The van der Waals surface area contributed by atoms with Crippen LogP contribution in [0.15, 0.2) is 0 Å². The van der Waals surface area contributed by atoms with Crippen LogP contribution in [0.25, 0.3) is 0 Å². The second-order valence-electron chi connectivity index (χ2n) is 3.18. The van der Waals surface area contributed by atoms with Gasteiger partial charge >= 0.3 is 0 Å². The fourth-order valence-corrected chi connectivity index (χ4v) is 0.707. The SMILES string of the molecule is CN(C)C(C)(C)C(=O)N(Cl)C=O. The lowest BCUT2D eigenvalue weighted by molar-refractivity contribution is -0.140. The minimum Gasteiger partial charge on any atom is -0.296 e. The number of hydrogen-bond acceptors (Lipinski definition) is 3. The number of likely N-dealkylation sites (N-methyl/N-ethyl adjacent to an activating group) is 1. The van der Waals surface area contributed by atoms with Crippen LogP contribution in [-0.4, -0.2) is 41.3 Å². The Morgan fingerprint density at radius 3 is 2.08 bits per heavy atom. The van der Waals surface area contributed by atoms with Crippen molar-refractivity contribution >= 4 is 24.1 Å². The third kappa shape index (κ3) is 2.19. The molecule has 12 heavy (non-hydrogen) atoms. The number of hydrogen-bond donors (Lipinski definition) is 0. The van der Waals surface area contributed by atoms with E-state index in [1.54, 1.807) is 32.8 Å². The molecule has 0 heterocycles. The molecule has 2 amide bonds. The highest BCUT2D eigenvalue weighted by Gasteiger charge is 2.33. The van der Waals surface area contributed by atoms with Gasteiger partial charge in [-0.2, -0.15) is 4.42 Å². The van der Waals surface area contributed by atoms with E-state index in [1.807, 2.05) is 0 Å². The van der Waals surface area contributed by atoms with Crippen molar-refractivity contribution in [1.29, 1.82) is 0 Å². The maximum absolute atomic E-state index is 11.4. The summed E-state index contributed by atoms with van der Waals surface area (Å²) in [6.07, 6.45) is 0.287. The van der Waals surface area contributed by atoms with Gasteiger partial charge in [-0.25, -0.2) is 0 Å². The number of halogens is 1. The minimum atomic E-state index is -0.761. The van der Waals surface area contributed by atoms with Crippen LogP contribution >= 0.6 is 11.8 Å². The first-order chi connectivity index (χ1) is 5.34. The fraction of sp³-hybridized carbons (Fsp3) is 0.714. The molecule has 0 spiro atoms. The maximum atomic E-state index is 11.4. The van der Waals surface area contributed by atoms with Crippen molar-refractivity contribution in [3.8, 4) is 0 Å². The van der Waals surface area contributed by atoms with Crippen LogP contribution in [0.2, 0.25) is 0 Å². The molecule has 0 aliphatic rings. The highest BCUT2D eigenvalue weighted by molar-refractivity contribution is 6.28. The highest BCUT2D eigenvalue weighted by atomic mass is 35.5. The summed E-state index contributed by atoms with van der Waals surface area (Å²) >= 11 is 5.33. The normalized spacial score (nSPS) is 11.5. The number of imide groups is 1. The summed E-state index contributed by atoms with van der Waals surface area (Å²) in [5.74, 6) is -0.441. The molecule has 0 fully saturated rings. The predicted octanol–water partition coefficient (Wildman–Crippen LogP) is 0.465. The Labute approximate surface area is 77.2 Å². The Kier molecular flexibility index (Phi) is 3.67. The molecule has 0 aliphatic heterocycles. The third-order valence-electron chi connectivity index (χ3n) is 1.93. The molecule has 5 heteroatoms. The van der Waals surface area contributed by atoms with Crippen LogP contribution in [0.4, 0.5) is 0 Å². The van der Waals surface area contributed by atoms with E-state index >= 15 is 0 Å². The molecule has 0 aromatic rings. The Balaban J connectivity index is 4.56. The molecule has 0 aliphatic carbocycles. The smallest absolute Gasteiger partial charge is 0.263 e. The summed E-state index contributed by atoms with van der Waals surface area (Å²) in [7, 11) is 3.49. The molecular weight excluding hydrogens is 180 g/mol. The summed E-state index contributed by atoms with van der Waals surface area (Å²) < 4.78 is 0.528. The van der Waals surface area contributed by atoms with Gasteiger partial charge in [0.1, 0.15) is 0 Å². The molecular formula is C7H13ClN2O2. The van der Waals surface area contributed by atoms with Gasteiger partial charge in [0.2, 0.25) is 6.41 Å². The number of rotatable bonds is 3. The highest BCUT2D eigenvalue weighted by Crippen LogP contribution is 2.14. The van der Waals surface area contributed by atoms with Gasteiger partial charge in [-0.1, -0.05) is 0 Å². The van der Waals surface area contributed by atoms with E-state index in [-0.39, 0.29) is 6.41 Å². The van der Waals surface area contributed by atoms with Crippen molar-refractivity contribution in [2.24, 2.45) is 0 Å². The van der Waals surface area contributed by atoms with Crippen molar-refractivity contribution in [1.82, 2.24) is 9.32 Å². The van der Waals surface area contributed by atoms with Crippen molar-refractivity contribution in [3.05, 3.63) is 0 Å². The first-order valence-electron chi connectivity index (χ1n) is 3.46. The van der Waals surface area contributed by atoms with E-state index < -0.39 is 11.4 Å². The van der Waals surface area contributed by atoms with Crippen LogP contribution in [-0.2, 0) is 9.59 Å². The van der Waals surface area contributed by atoms with Gasteiger partial charge in [0.25, 0.3) is 5.91 Å². The zero-order valence-electron chi connectivity index (χ0n) is 7.67. The quantitative estimate of drug-likeness (QED) is 0.482. The molecule has 70 valence electrons. The molecule has 0 bridgehead atoms. The van der Waals surface area contributed by atoms with Gasteiger partial charge in [0.05, 0.1) is 5.54 Å². The Bertz CT molecular complexity index is 192. The van der Waals surface area contributed by atoms with Crippen molar-refractivity contribution < 1.29 is 9.59 Å². The largest absolute Gasteiger partial charge is 0.296 e. The minimum absolute atomic E-state index is 0.287. The molecule has 0 saturated carbocycles. The Morgan fingerprint density at radius 2 is 1.83 bits per heavy atom. The van der Waals surface area contributed by atoms with Crippen molar-refractivity contribution in [2.75, 3.05) is 14.1 Å². The predicted molar refractivity (Wildman–Crippen MR) is 46.5 cm³/mol. The summed E-state index contributed by atoms with van der Waals surface area (Å²) in [6, 6.07) is 0. The van der Waals surface area contributed by atoms with E-state index in [2.05, 4.69) is 0 Å². The lowest BCUT2D eigenvalue weighted by Crippen LogP contribution is -2.50. The first kappa shape index (κ1) is 11.4. The first-order valence-corrected chi connectivity index (χ1v) is 3.80. The van der Waals surface area contributed by atoms with Crippen LogP contribution in [0.1, 0.15) is 13.8 Å². The number of amides is 2. The molecule has 0 atom stereocenters. The molecule has 0 aromatic heterocycles. The van der Waals surface area contributed by atoms with Crippen molar-refractivity contribution in [2.45, 2.75) is 19.4 Å². The molecule has 0 rings (SSSR count). The zero-order chi connectivity index (χ0) is 9.94. The summed E-state index contributed by atoms with van der Waals surface area (Å²) in [4.78, 5) is 23.2. The average molecular weight is 193 g/mol. The van der Waals surface area contributed by atoms with Crippen LogP contribution in [0.3, 0.4) is 0 Å². The molecule has 0 N–H and O–H groups in total. The second kappa shape index (κ2) is 3.87. The van der Waals surface area contributed by atoms with E-state index in [9.17, 15) is 9.59 Å². The van der Waals surface area contributed by atoms with Crippen LogP contribution < -0.4 is 0 Å². The summed E-state index contributed by atoms with van der Waals surface area (Å²) in [6.45, 7) is 3.38. The van der Waals surface area contributed by atoms with Gasteiger partial charge in [0.15, 0.2) is 0 Å². The van der Waals surface area contributed by atoms with Gasteiger partial charge in [0, 0.05) is 11.8 Å². The summed E-state index contributed by atoms with van der Waals surface area (Å²) in [5, 5.41) is 0. The molecule has 0 aromatic carbocycles. The molecule has 0 radical (unpaired) electrons. The molecule has 0 unspecified atom stereocenters. The fourth-order valence-electron chi connectivity index (χ4n) is 0.501. The number of carbonyl (C=O) groups is 2. The van der Waals surface area contributed by atoms with Crippen LogP contribution in [0.5, 0.6) is 0 Å². The van der Waals surface area contributed by atoms with Gasteiger partial charge in [-0.05, 0) is 27.9 Å². The molecule has 0 saturated heterocycles. The standard InChI is InChI=1S/C7H13ClN2O2/c1-7(2,9(3)4)6(12)10(8)5-11/h5H,1-4H3. The van der Waals surface area contributed by atoms with E-state index in [4.69, 9.17) is 11.8 Å². The monoisotopic (exact) mass is 192 g/mol. The maximum Gasteiger partial charge on any atom is 0.263 e. The average Bonchev–Trinajstić information content (AvgIpc) is 2.01. The molecule has 4 nitrogen and oxygen atoms in total. The number of nitrogens with zero attached hydrogens (tertiary/aromatic N) is 2. The van der Waals surface area contributed by atoms with Crippen molar-refractivity contribution in [3.63, 3.8) is 0 Å². The van der Waals surface area contributed by atoms with Gasteiger partial charge in [-0.3, -0.25) is 14.5 Å².